The van der Waals surface area contributed by atoms with Crippen molar-refractivity contribution in [3.05, 3.63) is 59.1 Å². The minimum absolute atomic E-state index is 0.204. The topological polar surface area (TPSA) is 75.5 Å². The minimum Gasteiger partial charge on any atom is -0.444 e. The molecule has 174 valence electrons. The summed E-state index contributed by atoms with van der Waals surface area (Å²) in [7, 11) is 0. The van der Waals surface area contributed by atoms with Crippen LogP contribution in [-0.2, 0) is 10.3 Å². The highest BCUT2D eigenvalue weighted by molar-refractivity contribution is 9.10. The normalized spacial score (nSPS) is 19.6. The van der Waals surface area contributed by atoms with Crippen LogP contribution in [0.15, 0.2) is 53.5 Å². The third kappa shape index (κ3) is 6.75. The SMILES string of the molecule is Brc1cccnc1.CC(C)(C)OC(=O)N1CCC2(CC1)CCC(O)(c1cccnc1)CC2. The lowest BCUT2D eigenvalue weighted by Gasteiger charge is -2.48. The van der Waals surface area contributed by atoms with Gasteiger partial charge in [0.25, 0.3) is 0 Å². The standard InChI is InChI=1S/C20H30N2O3.C5H4BrN/c1-18(2,3)25-17(23)22-13-10-19(11-14-22)6-8-20(24,9-7-19)16-5-4-12-21-15-16;6-5-2-1-3-7-4-5/h4-5,12,15,24H,6-11,13-14H2,1-3H3;1-4H. The number of carbonyl (C=O) groups is 1. The van der Waals surface area contributed by atoms with Gasteiger partial charge in [0.1, 0.15) is 5.60 Å². The Morgan fingerprint density at radius 2 is 1.59 bits per heavy atom. The van der Waals surface area contributed by atoms with E-state index in [9.17, 15) is 9.90 Å². The van der Waals surface area contributed by atoms with Gasteiger partial charge in [-0.3, -0.25) is 9.97 Å². The van der Waals surface area contributed by atoms with Gasteiger partial charge < -0.3 is 14.7 Å². The smallest absolute Gasteiger partial charge is 0.410 e. The Morgan fingerprint density at radius 1 is 1.00 bits per heavy atom. The molecular weight excluding hydrogens is 470 g/mol. The highest BCUT2D eigenvalue weighted by Crippen LogP contribution is 2.50. The predicted octanol–water partition coefficient (Wildman–Crippen LogP) is 5.70. The second-order valence-corrected chi connectivity index (χ2v) is 10.8. The Bertz CT molecular complexity index is 853. The van der Waals surface area contributed by atoms with Crippen molar-refractivity contribution in [1.82, 2.24) is 14.9 Å². The first kappa shape index (κ1) is 24.6. The maximum absolute atomic E-state index is 12.2. The molecule has 2 aliphatic rings. The van der Waals surface area contributed by atoms with E-state index in [0.29, 0.717) is 0 Å². The van der Waals surface area contributed by atoms with E-state index in [4.69, 9.17) is 4.74 Å². The molecule has 2 aromatic heterocycles. The first-order chi connectivity index (χ1) is 15.1. The zero-order chi connectivity index (χ0) is 23.2. The number of halogens is 1. The molecule has 6 nitrogen and oxygen atoms in total. The van der Waals surface area contributed by atoms with Crippen LogP contribution >= 0.6 is 15.9 Å². The number of aromatic nitrogens is 2. The van der Waals surface area contributed by atoms with Gasteiger partial charge in [-0.1, -0.05) is 6.07 Å². The van der Waals surface area contributed by atoms with Crippen molar-refractivity contribution in [3.8, 4) is 0 Å². The van der Waals surface area contributed by atoms with Crippen LogP contribution in [0.4, 0.5) is 4.79 Å². The van der Waals surface area contributed by atoms with Crippen molar-refractivity contribution in [3.63, 3.8) is 0 Å². The van der Waals surface area contributed by atoms with Gasteiger partial charge >= 0.3 is 6.09 Å². The summed E-state index contributed by atoms with van der Waals surface area (Å²) in [6.07, 6.45) is 12.3. The zero-order valence-corrected chi connectivity index (χ0v) is 20.8. The Morgan fingerprint density at radius 3 is 2.03 bits per heavy atom. The van der Waals surface area contributed by atoms with Crippen molar-refractivity contribution < 1.29 is 14.6 Å². The molecule has 1 spiro atoms. The quantitative estimate of drug-likeness (QED) is 0.539. The summed E-state index contributed by atoms with van der Waals surface area (Å²) in [4.78, 5) is 22.0. The molecule has 0 bridgehead atoms. The monoisotopic (exact) mass is 503 g/mol. The van der Waals surface area contributed by atoms with Gasteiger partial charge in [0.05, 0.1) is 5.60 Å². The van der Waals surface area contributed by atoms with Crippen molar-refractivity contribution in [2.45, 2.75) is 70.5 Å². The highest BCUT2D eigenvalue weighted by Gasteiger charge is 2.44. The van der Waals surface area contributed by atoms with Gasteiger partial charge in [-0.2, -0.15) is 0 Å². The van der Waals surface area contributed by atoms with E-state index in [2.05, 4.69) is 25.9 Å². The number of ether oxygens (including phenoxy) is 1. The number of rotatable bonds is 1. The van der Waals surface area contributed by atoms with E-state index in [0.717, 1.165) is 61.7 Å². The molecule has 32 heavy (non-hydrogen) atoms. The van der Waals surface area contributed by atoms with Crippen LogP contribution in [0.5, 0.6) is 0 Å². The van der Waals surface area contributed by atoms with Crippen molar-refractivity contribution >= 4 is 22.0 Å². The fourth-order valence-corrected chi connectivity index (χ4v) is 4.72. The second-order valence-electron chi connectivity index (χ2n) is 9.91. The summed E-state index contributed by atoms with van der Waals surface area (Å²) in [5.41, 5.74) is -0.0116. The fraction of sp³-hybridized carbons (Fsp3) is 0.560. The molecule has 1 saturated carbocycles. The molecule has 0 aromatic carbocycles. The Kier molecular flexibility index (Phi) is 7.93. The molecule has 1 aliphatic heterocycles. The van der Waals surface area contributed by atoms with Crippen LogP contribution in [0.1, 0.15) is 64.9 Å². The van der Waals surface area contributed by atoms with Crippen LogP contribution < -0.4 is 0 Å². The van der Waals surface area contributed by atoms with Crippen LogP contribution in [0.2, 0.25) is 0 Å². The minimum atomic E-state index is -0.748. The highest BCUT2D eigenvalue weighted by atomic mass is 79.9. The summed E-state index contributed by atoms with van der Waals surface area (Å²) < 4.78 is 6.51. The third-order valence-corrected chi connectivity index (χ3v) is 6.91. The number of amides is 1. The van der Waals surface area contributed by atoms with Crippen molar-refractivity contribution in [1.29, 1.82) is 0 Å². The zero-order valence-electron chi connectivity index (χ0n) is 19.3. The summed E-state index contributed by atoms with van der Waals surface area (Å²) in [5, 5.41) is 11.0. The third-order valence-electron chi connectivity index (χ3n) is 6.44. The maximum atomic E-state index is 12.2. The number of pyridine rings is 2. The lowest BCUT2D eigenvalue weighted by Crippen LogP contribution is -2.47. The molecule has 0 atom stereocenters. The summed E-state index contributed by atoms with van der Waals surface area (Å²) in [6.45, 7) is 7.20. The molecule has 0 radical (unpaired) electrons. The van der Waals surface area contributed by atoms with E-state index in [-0.39, 0.29) is 11.5 Å². The van der Waals surface area contributed by atoms with Crippen molar-refractivity contribution in [2.24, 2.45) is 5.41 Å². The lowest BCUT2D eigenvalue weighted by atomic mass is 9.63. The largest absolute Gasteiger partial charge is 0.444 e. The van der Waals surface area contributed by atoms with E-state index >= 15 is 0 Å². The number of nitrogens with zero attached hydrogens (tertiary/aromatic N) is 3. The van der Waals surface area contributed by atoms with Crippen LogP contribution in [0.25, 0.3) is 0 Å². The van der Waals surface area contributed by atoms with Crippen LogP contribution in [0.3, 0.4) is 0 Å². The van der Waals surface area contributed by atoms with Gasteiger partial charge in [-0.25, -0.2) is 4.79 Å². The average Bonchev–Trinajstić information content (AvgIpc) is 2.77. The number of hydrogen-bond acceptors (Lipinski definition) is 5. The van der Waals surface area contributed by atoms with Crippen molar-refractivity contribution in [2.75, 3.05) is 13.1 Å². The summed E-state index contributed by atoms with van der Waals surface area (Å²) in [5.74, 6) is 0. The van der Waals surface area contributed by atoms with Gasteiger partial charge in [0, 0.05) is 47.9 Å². The molecule has 1 amide bonds. The molecule has 0 unspecified atom stereocenters. The van der Waals surface area contributed by atoms with Gasteiger partial charge in [0.15, 0.2) is 0 Å². The first-order valence-corrected chi connectivity index (χ1v) is 12.1. The average molecular weight is 504 g/mol. The summed E-state index contributed by atoms with van der Waals surface area (Å²) in [6, 6.07) is 7.67. The molecule has 2 fully saturated rings. The van der Waals surface area contributed by atoms with Crippen LogP contribution in [-0.4, -0.2) is 44.8 Å². The van der Waals surface area contributed by atoms with Gasteiger partial charge in [-0.15, -0.1) is 0 Å². The first-order valence-electron chi connectivity index (χ1n) is 11.3. The molecule has 1 saturated heterocycles. The molecular formula is C25H34BrN3O3. The van der Waals surface area contributed by atoms with Crippen LogP contribution in [0, 0.1) is 5.41 Å². The number of likely N-dealkylation sites (tertiary alicyclic amines) is 1. The molecule has 1 N–H and O–H groups in total. The Hall–Kier alpha value is -1.99. The number of hydrogen-bond donors (Lipinski definition) is 1. The number of piperidine rings is 1. The molecule has 2 aromatic rings. The molecule has 7 heteroatoms. The predicted molar refractivity (Wildman–Crippen MR) is 128 cm³/mol. The van der Waals surface area contributed by atoms with E-state index < -0.39 is 11.2 Å². The lowest BCUT2D eigenvalue weighted by molar-refractivity contribution is -0.0584. The summed E-state index contributed by atoms with van der Waals surface area (Å²) >= 11 is 3.25. The Balaban J connectivity index is 0.000000352. The van der Waals surface area contributed by atoms with E-state index in [1.54, 1.807) is 24.8 Å². The molecule has 3 heterocycles. The molecule has 4 rings (SSSR count). The Labute approximate surface area is 199 Å². The maximum Gasteiger partial charge on any atom is 0.410 e. The van der Waals surface area contributed by atoms with E-state index in [1.807, 2.05) is 49.9 Å². The van der Waals surface area contributed by atoms with E-state index in [1.165, 1.54) is 0 Å². The number of aliphatic hydroxyl groups is 1. The van der Waals surface area contributed by atoms with Gasteiger partial charge in [-0.05, 0) is 98.8 Å². The van der Waals surface area contributed by atoms with Gasteiger partial charge in [0.2, 0.25) is 0 Å². The fourth-order valence-electron chi connectivity index (χ4n) is 4.45. The molecule has 1 aliphatic carbocycles. The number of carbonyl (C=O) groups excluding carboxylic acids is 1. The second kappa shape index (κ2) is 10.3.